The molecule has 1 aromatic heterocycles. The van der Waals surface area contributed by atoms with Crippen molar-refractivity contribution in [3.05, 3.63) is 114 Å². The lowest BCUT2D eigenvalue weighted by atomic mass is 10.2. The Morgan fingerprint density at radius 2 is 1.61 bits per heavy atom. The number of carbonyl (C=O) groups is 1. The summed E-state index contributed by atoms with van der Waals surface area (Å²) in [5, 5.41) is 25.6. The fraction of sp³-hybridized carbons (Fsp3) is 0.0417. The third kappa shape index (κ3) is 6.51. The number of hydrogen-bond donors (Lipinski definition) is 1. The average molecular weight is 579 g/mol. The highest BCUT2D eigenvalue weighted by Crippen LogP contribution is 2.35. The van der Waals surface area contributed by atoms with Gasteiger partial charge in [0.05, 0.1) is 37.7 Å². The number of nitro groups is 2. The maximum atomic E-state index is 12.7. The number of carbonyl (C=O) groups excluding carboxylic acids is 1. The molecule has 4 rings (SSSR count). The monoisotopic (exact) mass is 577 g/mol. The molecule has 3 aromatic carbocycles. The van der Waals surface area contributed by atoms with Crippen molar-refractivity contribution in [3.63, 3.8) is 0 Å². The first-order valence-corrected chi connectivity index (χ1v) is 11.6. The second-order valence-electron chi connectivity index (χ2n) is 7.53. The lowest BCUT2D eigenvalue weighted by molar-refractivity contribution is -0.385. The quantitative estimate of drug-likeness (QED) is 0.157. The zero-order valence-electron chi connectivity index (χ0n) is 18.9. The van der Waals surface area contributed by atoms with Crippen LogP contribution in [0.2, 0.25) is 15.1 Å². The molecule has 4 aromatic rings. The second-order valence-corrected chi connectivity index (χ2v) is 8.78. The van der Waals surface area contributed by atoms with Crippen LogP contribution in [-0.4, -0.2) is 15.8 Å². The van der Waals surface area contributed by atoms with Gasteiger partial charge in [-0.3, -0.25) is 25.0 Å². The molecule has 0 aliphatic carbocycles. The Bertz CT molecular complexity index is 1560. The van der Waals surface area contributed by atoms with Crippen molar-refractivity contribution in [3.8, 4) is 17.2 Å². The van der Waals surface area contributed by atoms with Gasteiger partial charge >= 0.3 is 0 Å². The highest BCUT2D eigenvalue weighted by atomic mass is 35.5. The van der Waals surface area contributed by atoms with Gasteiger partial charge in [-0.2, -0.15) is 0 Å². The van der Waals surface area contributed by atoms with Gasteiger partial charge in [0.2, 0.25) is 0 Å². The number of nitrogens with zero attached hydrogens (tertiary/aromatic N) is 2. The van der Waals surface area contributed by atoms with Crippen LogP contribution >= 0.6 is 34.8 Å². The van der Waals surface area contributed by atoms with Crippen molar-refractivity contribution >= 4 is 57.8 Å². The van der Waals surface area contributed by atoms with Crippen molar-refractivity contribution in [1.82, 2.24) is 0 Å². The van der Waals surface area contributed by atoms with Crippen molar-refractivity contribution in [2.24, 2.45) is 0 Å². The summed E-state index contributed by atoms with van der Waals surface area (Å²) < 4.78 is 16.6. The number of nitro benzene ring substituents is 2. The third-order valence-corrected chi connectivity index (χ3v) is 5.71. The van der Waals surface area contributed by atoms with Crippen LogP contribution in [0.3, 0.4) is 0 Å². The molecule has 1 heterocycles. The Hall–Kier alpha value is -4.32. The topological polar surface area (TPSA) is 147 Å². The van der Waals surface area contributed by atoms with Crippen LogP contribution in [0.15, 0.2) is 71.1 Å². The van der Waals surface area contributed by atoms with Crippen molar-refractivity contribution < 1.29 is 28.5 Å². The smallest absolute Gasteiger partial charge is 0.291 e. The number of benzene rings is 3. The van der Waals surface area contributed by atoms with Crippen LogP contribution in [-0.2, 0) is 6.61 Å². The molecule has 0 aliphatic rings. The first-order valence-electron chi connectivity index (χ1n) is 10.5. The molecule has 194 valence electrons. The number of furan rings is 1. The summed E-state index contributed by atoms with van der Waals surface area (Å²) in [5.74, 6) is -0.301. The van der Waals surface area contributed by atoms with Gasteiger partial charge in [0.25, 0.3) is 17.3 Å². The largest absolute Gasteiger partial charge is 0.484 e. The summed E-state index contributed by atoms with van der Waals surface area (Å²) in [4.78, 5) is 33.9. The third-order valence-electron chi connectivity index (χ3n) is 4.86. The molecular weight excluding hydrogens is 565 g/mol. The zero-order valence-corrected chi connectivity index (χ0v) is 21.1. The highest BCUT2D eigenvalue weighted by molar-refractivity contribution is 6.35. The van der Waals surface area contributed by atoms with E-state index in [1.165, 1.54) is 54.6 Å². The van der Waals surface area contributed by atoms with E-state index in [9.17, 15) is 25.0 Å². The number of non-ortho nitro benzene ring substituents is 2. The van der Waals surface area contributed by atoms with Gasteiger partial charge in [0, 0.05) is 23.2 Å². The summed E-state index contributed by atoms with van der Waals surface area (Å²) in [6.07, 6.45) is 0. The Morgan fingerprint density at radius 1 is 0.842 bits per heavy atom. The summed E-state index contributed by atoms with van der Waals surface area (Å²) in [6, 6.07) is 14.7. The van der Waals surface area contributed by atoms with Crippen LogP contribution in [0.25, 0.3) is 0 Å². The number of hydrogen-bond acceptors (Lipinski definition) is 8. The number of halogens is 3. The van der Waals surface area contributed by atoms with E-state index in [-0.39, 0.29) is 62.5 Å². The molecule has 11 nitrogen and oxygen atoms in total. The lowest BCUT2D eigenvalue weighted by Crippen LogP contribution is -2.11. The number of ether oxygens (including phenoxy) is 2. The molecule has 1 N–H and O–H groups in total. The van der Waals surface area contributed by atoms with Crippen molar-refractivity contribution in [2.75, 3.05) is 5.32 Å². The van der Waals surface area contributed by atoms with E-state index in [1.807, 2.05) is 0 Å². The predicted octanol–water partition coefficient (Wildman–Crippen LogP) is 7.68. The number of anilines is 1. The molecule has 0 bridgehead atoms. The van der Waals surface area contributed by atoms with Crippen LogP contribution < -0.4 is 14.8 Å². The second kappa shape index (κ2) is 11.4. The molecule has 0 aliphatic heterocycles. The molecule has 0 unspecified atom stereocenters. The molecule has 14 heteroatoms. The molecule has 0 saturated heterocycles. The molecule has 0 radical (unpaired) electrons. The zero-order chi connectivity index (χ0) is 27.4. The van der Waals surface area contributed by atoms with Gasteiger partial charge in [-0.1, -0.05) is 34.8 Å². The first kappa shape index (κ1) is 26.7. The van der Waals surface area contributed by atoms with Crippen LogP contribution in [0.4, 0.5) is 17.1 Å². The SMILES string of the molecule is O=C(Nc1cc(Oc2ccc(Cl)cc2Cl)cc([N+](=O)[O-])c1)c1ccc(COc2cc([N+](=O)[O-])ccc2Cl)o1. The van der Waals surface area contributed by atoms with E-state index >= 15 is 0 Å². The Kier molecular flexibility index (Phi) is 8.01. The van der Waals surface area contributed by atoms with Gasteiger partial charge in [-0.05, 0) is 36.4 Å². The minimum absolute atomic E-state index is 0.0427. The molecule has 0 atom stereocenters. The maximum Gasteiger partial charge on any atom is 0.291 e. The van der Waals surface area contributed by atoms with Crippen LogP contribution in [0, 0.1) is 20.2 Å². The highest BCUT2D eigenvalue weighted by Gasteiger charge is 2.18. The summed E-state index contributed by atoms with van der Waals surface area (Å²) in [5.41, 5.74) is -0.491. The van der Waals surface area contributed by atoms with E-state index < -0.39 is 15.8 Å². The standard InChI is InChI=1S/C24H14Cl3N3O8/c25-13-1-5-21(20(27)7-13)38-18-9-14(8-16(10-18)30(34)35)28-24(31)22-6-3-17(37-22)12-36-23-11-15(29(32)33)2-4-19(23)26/h1-11H,12H2,(H,28,31). The minimum atomic E-state index is -0.708. The van der Waals surface area contributed by atoms with Gasteiger partial charge in [-0.25, -0.2) is 0 Å². The fourth-order valence-electron chi connectivity index (χ4n) is 3.14. The molecule has 38 heavy (non-hydrogen) atoms. The van der Waals surface area contributed by atoms with E-state index in [2.05, 4.69) is 5.32 Å². The Morgan fingerprint density at radius 3 is 2.32 bits per heavy atom. The van der Waals surface area contributed by atoms with Crippen molar-refractivity contribution in [2.45, 2.75) is 6.61 Å². The molecule has 0 saturated carbocycles. The maximum absolute atomic E-state index is 12.7. The van der Waals surface area contributed by atoms with E-state index in [0.29, 0.717) is 5.02 Å². The Balaban J connectivity index is 1.48. The van der Waals surface area contributed by atoms with E-state index in [4.69, 9.17) is 48.7 Å². The van der Waals surface area contributed by atoms with Gasteiger partial charge in [0.15, 0.2) is 5.76 Å². The molecule has 0 spiro atoms. The van der Waals surface area contributed by atoms with Crippen molar-refractivity contribution in [1.29, 1.82) is 0 Å². The van der Waals surface area contributed by atoms with E-state index in [0.717, 1.165) is 12.1 Å². The normalized spacial score (nSPS) is 10.6. The molecule has 1 amide bonds. The fourth-order valence-corrected chi connectivity index (χ4v) is 3.76. The Labute approximate surface area is 228 Å². The van der Waals surface area contributed by atoms with E-state index in [1.54, 1.807) is 0 Å². The lowest BCUT2D eigenvalue weighted by Gasteiger charge is -2.10. The number of rotatable bonds is 9. The van der Waals surface area contributed by atoms with Gasteiger partial charge < -0.3 is 19.2 Å². The summed E-state index contributed by atoms with van der Waals surface area (Å²) >= 11 is 18.0. The first-order chi connectivity index (χ1) is 18.1. The summed E-state index contributed by atoms with van der Waals surface area (Å²) in [6.45, 7) is -0.176. The van der Waals surface area contributed by atoms with Crippen LogP contribution in [0.5, 0.6) is 17.2 Å². The van der Waals surface area contributed by atoms with Crippen LogP contribution in [0.1, 0.15) is 16.3 Å². The molecule has 0 fully saturated rings. The van der Waals surface area contributed by atoms with Gasteiger partial charge in [0.1, 0.15) is 29.6 Å². The van der Waals surface area contributed by atoms with Gasteiger partial charge in [-0.15, -0.1) is 0 Å². The summed E-state index contributed by atoms with van der Waals surface area (Å²) in [7, 11) is 0. The minimum Gasteiger partial charge on any atom is -0.484 e. The number of amides is 1. The average Bonchev–Trinajstić information content (AvgIpc) is 3.34. The molecular formula is C24H14Cl3N3O8. The number of nitrogens with one attached hydrogen (secondary N) is 1. The predicted molar refractivity (Wildman–Crippen MR) is 139 cm³/mol.